The summed E-state index contributed by atoms with van der Waals surface area (Å²) in [6, 6.07) is 9.87. The van der Waals surface area contributed by atoms with Crippen LogP contribution in [0.25, 0.3) is 0 Å². The molecule has 0 aliphatic carbocycles. The molecular weight excluding hydrogens is 290 g/mol. The van der Waals surface area contributed by atoms with Gasteiger partial charge >= 0.3 is 5.97 Å². The number of benzene rings is 1. The first kappa shape index (κ1) is 19.2. The van der Waals surface area contributed by atoms with Crippen molar-refractivity contribution in [3.63, 3.8) is 0 Å². The average Bonchev–Trinajstić information content (AvgIpc) is 2.56. The number of rotatable bonds is 11. The minimum absolute atomic E-state index is 0.0303. The van der Waals surface area contributed by atoms with E-state index in [4.69, 9.17) is 4.74 Å². The number of carbonyl (C=O) groups excluding carboxylic acids is 2. The van der Waals surface area contributed by atoms with Crippen molar-refractivity contribution >= 4 is 11.9 Å². The number of hydrogen-bond acceptors (Lipinski definition) is 3. The number of carbonyl (C=O) groups is 2. The number of esters is 1. The zero-order valence-corrected chi connectivity index (χ0v) is 14.4. The van der Waals surface area contributed by atoms with Crippen molar-refractivity contribution in [3.8, 4) is 0 Å². The first-order chi connectivity index (χ1) is 11.1. The molecule has 0 N–H and O–H groups in total. The number of amides is 1. The summed E-state index contributed by atoms with van der Waals surface area (Å²) in [4.78, 5) is 25.2. The van der Waals surface area contributed by atoms with Crippen LogP contribution in [0, 0.1) is 0 Å². The quantitative estimate of drug-likeness (QED) is 0.462. The number of unbranched alkanes of at least 4 members (excludes halogenated alkanes) is 4. The normalized spacial score (nSPS) is 10.3. The number of aryl methyl sites for hydroxylation is 1. The monoisotopic (exact) mass is 319 g/mol. The van der Waals surface area contributed by atoms with Crippen molar-refractivity contribution in [3.05, 3.63) is 35.9 Å². The standard InChI is InChI=1S/C19H29NO3/c1-3-4-5-6-10-15-23-19(22)16-20(2)18(21)14-13-17-11-8-7-9-12-17/h7-9,11-12H,3-6,10,13-16H2,1-2H3. The lowest BCUT2D eigenvalue weighted by atomic mass is 10.1. The lowest BCUT2D eigenvalue weighted by Gasteiger charge is -2.16. The molecule has 0 aromatic heterocycles. The molecule has 0 spiro atoms. The van der Waals surface area contributed by atoms with Crippen LogP contribution in [0.5, 0.6) is 0 Å². The molecule has 0 aliphatic heterocycles. The molecule has 1 aromatic rings. The molecule has 0 saturated carbocycles. The SMILES string of the molecule is CCCCCCCOC(=O)CN(C)C(=O)CCc1ccccc1. The van der Waals surface area contributed by atoms with E-state index in [1.165, 1.54) is 24.2 Å². The van der Waals surface area contributed by atoms with Gasteiger partial charge in [-0.2, -0.15) is 0 Å². The highest BCUT2D eigenvalue weighted by Gasteiger charge is 2.13. The summed E-state index contributed by atoms with van der Waals surface area (Å²) in [5.41, 5.74) is 1.13. The molecule has 23 heavy (non-hydrogen) atoms. The highest BCUT2D eigenvalue weighted by Crippen LogP contribution is 2.05. The lowest BCUT2D eigenvalue weighted by Crippen LogP contribution is -2.33. The van der Waals surface area contributed by atoms with Crippen molar-refractivity contribution in [2.75, 3.05) is 20.2 Å². The van der Waals surface area contributed by atoms with E-state index >= 15 is 0 Å². The van der Waals surface area contributed by atoms with Crippen LogP contribution in [0.3, 0.4) is 0 Å². The molecule has 0 heterocycles. The molecule has 0 unspecified atom stereocenters. The molecule has 4 nitrogen and oxygen atoms in total. The fourth-order valence-electron chi connectivity index (χ4n) is 2.31. The maximum absolute atomic E-state index is 12.0. The third kappa shape index (κ3) is 9.01. The minimum Gasteiger partial charge on any atom is -0.464 e. The van der Waals surface area contributed by atoms with Gasteiger partial charge in [-0.05, 0) is 18.4 Å². The molecule has 0 bridgehead atoms. The fraction of sp³-hybridized carbons (Fsp3) is 0.579. The largest absolute Gasteiger partial charge is 0.464 e. The van der Waals surface area contributed by atoms with Gasteiger partial charge < -0.3 is 9.64 Å². The summed E-state index contributed by atoms with van der Waals surface area (Å²) in [6.45, 7) is 2.65. The average molecular weight is 319 g/mol. The molecule has 1 aromatic carbocycles. The Balaban J connectivity index is 2.14. The van der Waals surface area contributed by atoms with Crippen molar-refractivity contribution in [2.45, 2.75) is 51.9 Å². The van der Waals surface area contributed by atoms with Gasteiger partial charge in [-0.15, -0.1) is 0 Å². The Morgan fingerprint density at radius 2 is 1.74 bits per heavy atom. The van der Waals surface area contributed by atoms with Gasteiger partial charge in [0.15, 0.2) is 0 Å². The summed E-state index contributed by atoms with van der Waals surface area (Å²) >= 11 is 0. The van der Waals surface area contributed by atoms with E-state index in [0.29, 0.717) is 19.4 Å². The van der Waals surface area contributed by atoms with E-state index in [1.807, 2.05) is 30.3 Å². The number of hydrogen-bond donors (Lipinski definition) is 0. The Morgan fingerprint density at radius 1 is 1.04 bits per heavy atom. The third-order valence-electron chi connectivity index (χ3n) is 3.77. The molecule has 0 fully saturated rings. The minimum atomic E-state index is -0.323. The maximum Gasteiger partial charge on any atom is 0.325 e. The van der Waals surface area contributed by atoms with Crippen LogP contribution in [0.4, 0.5) is 0 Å². The summed E-state index contributed by atoms with van der Waals surface area (Å²) in [5, 5.41) is 0. The molecular formula is C19H29NO3. The zero-order chi connectivity index (χ0) is 16.9. The number of likely N-dealkylation sites (N-methyl/N-ethyl adjacent to an activating group) is 1. The first-order valence-corrected chi connectivity index (χ1v) is 8.57. The number of nitrogens with zero attached hydrogens (tertiary/aromatic N) is 1. The van der Waals surface area contributed by atoms with E-state index < -0.39 is 0 Å². The highest BCUT2D eigenvalue weighted by atomic mass is 16.5. The van der Waals surface area contributed by atoms with Gasteiger partial charge in [0.25, 0.3) is 0 Å². The Kier molecular flexibility index (Phi) is 9.76. The van der Waals surface area contributed by atoms with Crippen LogP contribution < -0.4 is 0 Å². The van der Waals surface area contributed by atoms with E-state index in [-0.39, 0.29) is 18.4 Å². The second-order valence-corrected chi connectivity index (χ2v) is 5.87. The van der Waals surface area contributed by atoms with Crippen LogP contribution in [0.15, 0.2) is 30.3 Å². The topological polar surface area (TPSA) is 46.6 Å². The molecule has 0 aliphatic rings. The first-order valence-electron chi connectivity index (χ1n) is 8.57. The van der Waals surface area contributed by atoms with Crippen molar-refractivity contribution < 1.29 is 14.3 Å². The van der Waals surface area contributed by atoms with Gasteiger partial charge in [0, 0.05) is 13.5 Å². The Hall–Kier alpha value is -1.84. The smallest absolute Gasteiger partial charge is 0.325 e. The van der Waals surface area contributed by atoms with Gasteiger partial charge in [0.1, 0.15) is 6.54 Å². The van der Waals surface area contributed by atoms with Gasteiger partial charge in [-0.1, -0.05) is 62.9 Å². The maximum atomic E-state index is 12.0. The molecule has 4 heteroatoms. The third-order valence-corrected chi connectivity index (χ3v) is 3.77. The molecule has 0 saturated heterocycles. The van der Waals surface area contributed by atoms with Crippen LogP contribution in [-0.2, 0) is 20.7 Å². The summed E-state index contributed by atoms with van der Waals surface area (Å²) in [5.74, 6) is -0.357. The Labute approximate surface area is 139 Å². The lowest BCUT2D eigenvalue weighted by molar-refractivity contribution is -0.148. The molecule has 0 radical (unpaired) electrons. The predicted molar refractivity (Wildman–Crippen MR) is 92.1 cm³/mol. The van der Waals surface area contributed by atoms with Crippen LogP contribution in [-0.4, -0.2) is 37.0 Å². The van der Waals surface area contributed by atoms with E-state index in [1.54, 1.807) is 7.05 Å². The van der Waals surface area contributed by atoms with Gasteiger partial charge in [0.05, 0.1) is 6.61 Å². The fourth-order valence-corrected chi connectivity index (χ4v) is 2.31. The van der Waals surface area contributed by atoms with Crippen molar-refractivity contribution in [1.82, 2.24) is 4.90 Å². The number of ether oxygens (including phenoxy) is 1. The van der Waals surface area contributed by atoms with Crippen LogP contribution in [0.2, 0.25) is 0 Å². The van der Waals surface area contributed by atoms with Crippen LogP contribution >= 0.6 is 0 Å². The Bertz CT molecular complexity index is 459. The molecule has 128 valence electrons. The second kappa shape index (κ2) is 11.7. The second-order valence-electron chi connectivity index (χ2n) is 5.87. The Morgan fingerprint density at radius 3 is 2.43 bits per heavy atom. The zero-order valence-electron chi connectivity index (χ0n) is 14.4. The van der Waals surface area contributed by atoms with Crippen molar-refractivity contribution in [2.24, 2.45) is 0 Å². The van der Waals surface area contributed by atoms with E-state index in [0.717, 1.165) is 18.4 Å². The summed E-state index contributed by atoms with van der Waals surface area (Å²) in [6.07, 6.45) is 6.71. The molecule has 1 rings (SSSR count). The van der Waals surface area contributed by atoms with E-state index in [9.17, 15) is 9.59 Å². The van der Waals surface area contributed by atoms with Crippen LogP contribution in [0.1, 0.15) is 51.0 Å². The highest BCUT2D eigenvalue weighted by molar-refractivity contribution is 5.81. The molecule has 1 amide bonds. The van der Waals surface area contributed by atoms with Gasteiger partial charge in [-0.3, -0.25) is 9.59 Å². The van der Waals surface area contributed by atoms with Crippen molar-refractivity contribution in [1.29, 1.82) is 0 Å². The van der Waals surface area contributed by atoms with E-state index in [2.05, 4.69) is 6.92 Å². The van der Waals surface area contributed by atoms with Gasteiger partial charge in [-0.25, -0.2) is 0 Å². The summed E-state index contributed by atoms with van der Waals surface area (Å²) < 4.78 is 5.17. The van der Waals surface area contributed by atoms with Gasteiger partial charge in [0.2, 0.25) is 5.91 Å². The summed E-state index contributed by atoms with van der Waals surface area (Å²) in [7, 11) is 1.65. The predicted octanol–water partition coefficient (Wildman–Crippen LogP) is 3.59. The molecule has 0 atom stereocenters.